The summed E-state index contributed by atoms with van der Waals surface area (Å²) in [4.78, 5) is 40.7. The number of nitrogens with one attached hydrogen (secondary N) is 2. The van der Waals surface area contributed by atoms with E-state index < -0.39 is 6.04 Å². The van der Waals surface area contributed by atoms with Crippen LogP contribution in [0.4, 0.5) is 0 Å². The van der Waals surface area contributed by atoms with Crippen molar-refractivity contribution in [3.8, 4) is 0 Å². The lowest BCUT2D eigenvalue weighted by atomic mass is 9.80. The van der Waals surface area contributed by atoms with E-state index >= 15 is 0 Å². The molecule has 1 aliphatic carbocycles. The second kappa shape index (κ2) is 10.1. The number of ether oxygens (including phenoxy) is 1. The number of likely N-dealkylation sites (tertiary alicyclic amines) is 1. The average molecular weight is 472 g/mol. The van der Waals surface area contributed by atoms with Gasteiger partial charge < -0.3 is 20.3 Å². The molecule has 1 aromatic rings. The Morgan fingerprint density at radius 1 is 1.06 bits per heavy atom. The molecule has 0 radical (unpaired) electrons. The third-order valence-electron chi connectivity index (χ3n) is 6.89. The summed E-state index contributed by atoms with van der Waals surface area (Å²) >= 11 is 0. The van der Waals surface area contributed by atoms with Crippen LogP contribution in [0.25, 0.3) is 0 Å². The quantitative estimate of drug-likeness (QED) is 0.643. The van der Waals surface area contributed by atoms with Gasteiger partial charge in [-0.25, -0.2) is 0 Å². The predicted octanol–water partition coefficient (Wildman–Crippen LogP) is 3.41. The van der Waals surface area contributed by atoms with Crippen molar-refractivity contribution in [1.82, 2.24) is 15.5 Å². The van der Waals surface area contributed by atoms with Crippen molar-refractivity contribution in [2.45, 2.75) is 96.3 Å². The molecule has 0 unspecified atom stereocenters. The molecule has 0 aromatic heterocycles. The fourth-order valence-corrected chi connectivity index (χ4v) is 5.21. The number of hydrogen-bond acceptors (Lipinski definition) is 5. The van der Waals surface area contributed by atoms with Crippen molar-refractivity contribution in [1.29, 1.82) is 0 Å². The number of nitrogens with zero attached hydrogens (tertiary/aromatic N) is 1. The summed E-state index contributed by atoms with van der Waals surface area (Å²) in [6.45, 7) is 13.2. The minimum absolute atomic E-state index is 0.0543. The van der Waals surface area contributed by atoms with E-state index in [4.69, 9.17) is 4.74 Å². The molecule has 4 atom stereocenters. The Labute approximate surface area is 204 Å². The first-order valence-electron chi connectivity index (χ1n) is 12.4. The molecule has 0 spiro atoms. The summed E-state index contributed by atoms with van der Waals surface area (Å²) in [5, 5.41) is 6.52. The van der Waals surface area contributed by atoms with E-state index in [9.17, 15) is 14.4 Å². The molecule has 2 N–H and O–H groups in total. The monoisotopic (exact) mass is 471 g/mol. The molecule has 1 saturated heterocycles. The first-order valence-corrected chi connectivity index (χ1v) is 12.4. The van der Waals surface area contributed by atoms with Gasteiger partial charge in [0.15, 0.2) is 0 Å². The molecule has 1 aromatic carbocycles. The number of esters is 1. The van der Waals surface area contributed by atoms with Gasteiger partial charge in [0.1, 0.15) is 6.04 Å². The van der Waals surface area contributed by atoms with E-state index in [2.05, 4.69) is 52.2 Å². The summed E-state index contributed by atoms with van der Waals surface area (Å²) in [5.74, 6) is -1.000. The Hall–Kier alpha value is -2.41. The highest BCUT2D eigenvalue weighted by Crippen LogP contribution is 2.33. The van der Waals surface area contributed by atoms with Crippen LogP contribution >= 0.6 is 0 Å². The molecule has 2 fully saturated rings. The zero-order chi connectivity index (χ0) is 25.3. The summed E-state index contributed by atoms with van der Waals surface area (Å²) in [5.41, 5.74) is 1.50. The van der Waals surface area contributed by atoms with Gasteiger partial charge in [-0.15, -0.1) is 0 Å². The second-order valence-electron chi connectivity index (χ2n) is 11.8. The van der Waals surface area contributed by atoms with E-state index in [0.29, 0.717) is 24.9 Å². The minimum atomic E-state index is -0.575. The fraction of sp³-hybridized carbons (Fsp3) is 0.667. The van der Waals surface area contributed by atoms with Gasteiger partial charge in [0.25, 0.3) is 5.91 Å². The van der Waals surface area contributed by atoms with Crippen LogP contribution in [0.2, 0.25) is 0 Å². The van der Waals surface area contributed by atoms with E-state index in [1.807, 2.05) is 18.2 Å². The van der Waals surface area contributed by atoms with Gasteiger partial charge in [-0.05, 0) is 69.6 Å². The summed E-state index contributed by atoms with van der Waals surface area (Å²) in [6.07, 6.45) is 2.79. The molecule has 2 aliphatic rings. The Morgan fingerprint density at radius 3 is 2.38 bits per heavy atom. The summed E-state index contributed by atoms with van der Waals surface area (Å²) in [7, 11) is 1.40. The molecular weight excluding hydrogens is 430 g/mol. The molecule has 2 amide bonds. The minimum Gasteiger partial charge on any atom is -0.469 e. The third kappa shape index (κ3) is 6.17. The Morgan fingerprint density at radius 2 is 1.76 bits per heavy atom. The van der Waals surface area contributed by atoms with Crippen LogP contribution in [0.3, 0.4) is 0 Å². The number of methoxy groups -OCH3 is 1. The zero-order valence-electron chi connectivity index (χ0n) is 21.7. The maximum Gasteiger partial charge on any atom is 0.310 e. The van der Waals surface area contributed by atoms with Crippen LogP contribution in [0.5, 0.6) is 0 Å². The smallest absolute Gasteiger partial charge is 0.310 e. The molecule has 1 heterocycles. The topological polar surface area (TPSA) is 87.7 Å². The van der Waals surface area contributed by atoms with E-state index in [1.165, 1.54) is 7.11 Å². The molecule has 7 heteroatoms. The van der Waals surface area contributed by atoms with E-state index in [1.54, 1.807) is 11.0 Å². The molecule has 1 saturated carbocycles. The lowest BCUT2D eigenvalue weighted by Crippen LogP contribution is -2.55. The van der Waals surface area contributed by atoms with Crippen LogP contribution in [0.15, 0.2) is 24.3 Å². The number of carbonyl (C=O) groups is 3. The van der Waals surface area contributed by atoms with Crippen molar-refractivity contribution in [3.63, 3.8) is 0 Å². The SMILES string of the molecule is COC(=O)[C@@H]1C[C@H](NC(C)(C)C)CC[C@@H]1N1CC[C@H](NC(=O)c2cccc(C(C)(C)C)c2)C1=O. The van der Waals surface area contributed by atoms with Crippen molar-refractivity contribution in [2.75, 3.05) is 13.7 Å². The Kier molecular flexibility index (Phi) is 7.75. The highest BCUT2D eigenvalue weighted by molar-refractivity contribution is 5.98. The van der Waals surface area contributed by atoms with Crippen molar-refractivity contribution >= 4 is 17.8 Å². The number of amides is 2. The number of carbonyl (C=O) groups excluding carboxylic acids is 3. The van der Waals surface area contributed by atoms with E-state index in [-0.39, 0.29) is 46.7 Å². The molecule has 34 heavy (non-hydrogen) atoms. The average Bonchev–Trinajstić information content (AvgIpc) is 3.11. The van der Waals surface area contributed by atoms with Gasteiger partial charge in [-0.3, -0.25) is 14.4 Å². The van der Waals surface area contributed by atoms with E-state index in [0.717, 1.165) is 18.4 Å². The molecule has 3 rings (SSSR count). The molecule has 1 aliphatic heterocycles. The summed E-state index contributed by atoms with van der Waals surface area (Å²) in [6, 6.07) is 6.98. The maximum absolute atomic E-state index is 13.3. The lowest BCUT2D eigenvalue weighted by Gasteiger charge is -2.41. The zero-order valence-corrected chi connectivity index (χ0v) is 21.7. The van der Waals surface area contributed by atoms with Gasteiger partial charge in [0.2, 0.25) is 5.91 Å². The van der Waals surface area contributed by atoms with Gasteiger partial charge in [0.05, 0.1) is 13.0 Å². The van der Waals surface area contributed by atoms with Crippen molar-refractivity contribution in [3.05, 3.63) is 35.4 Å². The standard InChI is InChI=1S/C27H41N3O4/c1-26(2,3)18-10-8-9-17(15-18)23(31)28-21-13-14-30(24(21)32)22-12-11-19(29-27(4,5)6)16-20(22)25(33)34-7/h8-10,15,19-22,29H,11-14,16H2,1-7H3,(H,28,31)/t19-,20-,21+,22+/m1/s1. The first kappa shape index (κ1) is 26.2. The predicted molar refractivity (Wildman–Crippen MR) is 133 cm³/mol. The molecule has 7 nitrogen and oxygen atoms in total. The molecule has 0 bridgehead atoms. The number of benzene rings is 1. The first-order chi connectivity index (χ1) is 15.8. The highest BCUT2D eigenvalue weighted by atomic mass is 16.5. The molecule has 188 valence electrons. The van der Waals surface area contributed by atoms with Crippen molar-refractivity contribution in [2.24, 2.45) is 5.92 Å². The van der Waals surface area contributed by atoms with Gasteiger partial charge in [-0.2, -0.15) is 0 Å². The fourth-order valence-electron chi connectivity index (χ4n) is 5.21. The number of rotatable bonds is 5. The highest BCUT2D eigenvalue weighted by Gasteiger charge is 2.45. The second-order valence-corrected chi connectivity index (χ2v) is 11.8. The lowest BCUT2D eigenvalue weighted by molar-refractivity contribution is -0.151. The van der Waals surface area contributed by atoms with Crippen LogP contribution in [-0.4, -0.2) is 60.0 Å². The van der Waals surface area contributed by atoms with Crippen LogP contribution < -0.4 is 10.6 Å². The van der Waals surface area contributed by atoms with Crippen LogP contribution in [-0.2, 0) is 19.7 Å². The Bertz CT molecular complexity index is 915. The van der Waals surface area contributed by atoms with Gasteiger partial charge in [0, 0.05) is 29.7 Å². The van der Waals surface area contributed by atoms with Crippen LogP contribution in [0, 0.1) is 5.92 Å². The molecular formula is C27H41N3O4. The number of hydrogen-bond donors (Lipinski definition) is 2. The third-order valence-corrected chi connectivity index (χ3v) is 6.89. The van der Waals surface area contributed by atoms with Gasteiger partial charge in [-0.1, -0.05) is 32.9 Å². The Balaban J connectivity index is 1.69. The van der Waals surface area contributed by atoms with Crippen LogP contribution in [0.1, 0.15) is 83.1 Å². The maximum atomic E-state index is 13.3. The largest absolute Gasteiger partial charge is 0.469 e. The van der Waals surface area contributed by atoms with Crippen molar-refractivity contribution < 1.29 is 19.1 Å². The van der Waals surface area contributed by atoms with Gasteiger partial charge >= 0.3 is 5.97 Å². The normalized spacial score (nSPS) is 25.9. The summed E-state index contributed by atoms with van der Waals surface area (Å²) < 4.78 is 5.11.